The number of aliphatic carboxylic acids is 4. The molecule has 0 saturated heterocycles. The fraction of sp³-hybridized carbons (Fsp3) is 0.600. The van der Waals surface area contributed by atoms with Crippen molar-refractivity contribution in [1.29, 1.82) is 0 Å². The van der Waals surface area contributed by atoms with Crippen LogP contribution in [0.4, 0.5) is 0 Å². The van der Waals surface area contributed by atoms with Crippen molar-refractivity contribution >= 4 is 61.6 Å². The molecule has 0 saturated carbocycles. The zero-order valence-electron chi connectivity index (χ0n) is 13.0. The Morgan fingerprint density at radius 3 is 1.43 bits per heavy atom. The van der Waals surface area contributed by atoms with E-state index < -0.39 is 61.9 Å². The summed E-state index contributed by atoms with van der Waals surface area (Å²) < 4.78 is 0. The van der Waals surface area contributed by atoms with Crippen molar-refractivity contribution in [2.24, 2.45) is 0 Å². The number of hydrogen-bond donors (Lipinski definition) is 2. The monoisotopic (exact) mass is 374 g/mol. The van der Waals surface area contributed by atoms with E-state index in [1.54, 1.807) is 0 Å². The molecule has 0 radical (unpaired) electrons. The molecule has 0 fully saturated rings. The van der Waals surface area contributed by atoms with Gasteiger partial charge in [0.15, 0.2) is 0 Å². The van der Waals surface area contributed by atoms with Crippen LogP contribution in [-0.4, -0.2) is 86.8 Å². The summed E-state index contributed by atoms with van der Waals surface area (Å²) in [5, 5.41) is 46.4. The number of carboxylic acids is 4. The van der Waals surface area contributed by atoms with Crippen LogP contribution < -0.4 is 90.2 Å². The van der Waals surface area contributed by atoms with E-state index in [0.29, 0.717) is 0 Å². The quantitative estimate of drug-likeness (QED) is 0.329. The average molecular weight is 374 g/mol. The first-order valence-electron chi connectivity index (χ1n) is 5.42. The predicted octanol–water partition coefficient (Wildman–Crippen LogP) is -13.7. The van der Waals surface area contributed by atoms with Crippen molar-refractivity contribution < 1.29 is 98.7 Å². The number of carbonyl (C=O) groups is 4. The molecule has 0 atom stereocenters. The standard InChI is InChI=1S/C10H16N2O8.Ca.2Na/c13-6(14)1-10(2-7(15)16,12-4-9(19)20)5-11-3-8(17)18;;;/h11-12H,1-5H2,(H,13,14)(H,15,16)(H,17,18)(H,19,20);;;/q;+2;2*+1/p-4. The molecular formula is C10H12CaN2Na2O8. The first kappa shape index (κ1) is 31.8. The molecule has 23 heavy (non-hydrogen) atoms. The molecule has 0 aliphatic carbocycles. The van der Waals surface area contributed by atoms with E-state index >= 15 is 0 Å². The maximum atomic E-state index is 10.7. The number of carbonyl (C=O) groups excluding carboxylic acids is 4. The van der Waals surface area contributed by atoms with Crippen molar-refractivity contribution in [1.82, 2.24) is 10.6 Å². The summed E-state index contributed by atoms with van der Waals surface area (Å²) in [5.74, 6) is -6.38. The van der Waals surface area contributed by atoms with Crippen LogP contribution in [0, 0.1) is 0 Å². The van der Waals surface area contributed by atoms with Gasteiger partial charge in [0.2, 0.25) is 0 Å². The maximum absolute atomic E-state index is 10.7. The molecule has 0 aromatic carbocycles. The second kappa shape index (κ2) is 16.5. The van der Waals surface area contributed by atoms with Crippen LogP contribution in [0.5, 0.6) is 0 Å². The van der Waals surface area contributed by atoms with E-state index in [0.717, 1.165) is 0 Å². The van der Waals surface area contributed by atoms with Crippen molar-refractivity contribution in [3.8, 4) is 0 Å². The first-order chi connectivity index (χ1) is 9.17. The number of nitrogens with one attached hydrogen (secondary N) is 2. The number of carboxylic acid groups (broad SMARTS) is 4. The molecule has 10 nitrogen and oxygen atoms in total. The fourth-order valence-corrected chi connectivity index (χ4v) is 1.59. The minimum absolute atomic E-state index is 0. The van der Waals surface area contributed by atoms with Crippen LogP contribution in [0.15, 0.2) is 0 Å². The van der Waals surface area contributed by atoms with Crippen LogP contribution in [0.1, 0.15) is 12.8 Å². The van der Waals surface area contributed by atoms with Gasteiger partial charge in [-0.3, -0.25) is 0 Å². The van der Waals surface area contributed by atoms with E-state index in [1.165, 1.54) is 0 Å². The van der Waals surface area contributed by atoms with Gasteiger partial charge in [0.05, 0.1) is 11.9 Å². The van der Waals surface area contributed by atoms with E-state index in [2.05, 4.69) is 10.6 Å². The normalized spacial score (nSPS) is 9.57. The van der Waals surface area contributed by atoms with Crippen LogP contribution in [0.3, 0.4) is 0 Å². The SMILES string of the molecule is O=C([O-])CNCC(CC(=O)[O-])(CC(=O)[O-])NCC(=O)[O-].[Ca+2].[Na+].[Na+]. The first-order valence-corrected chi connectivity index (χ1v) is 5.42. The smallest absolute Gasteiger partial charge is 0.550 e. The summed E-state index contributed by atoms with van der Waals surface area (Å²) in [5.41, 5.74) is -1.78. The molecule has 0 amide bonds. The second-order valence-corrected chi connectivity index (χ2v) is 4.08. The van der Waals surface area contributed by atoms with Gasteiger partial charge >= 0.3 is 96.9 Å². The Bertz CT molecular complexity index is 394. The molecule has 13 heteroatoms. The molecule has 0 aliphatic heterocycles. The Hall–Kier alpha value is 1.06. The molecule has 0 rings (SSSR count). The Morgan fingerprint density at radius 2 is 1.13 bits per heavy atom. The summed E-state index contributed by atoms with van der Waals surface area (Å²) >= 11 is 0. The third-order valence-electron chi connectivity index (χ3n) is 2.31. The third-order valence-corrected chi connectivity index (χ3v) is 2.31. The summed E-state index contributed by atoms with van der Waals surface area (Å²) in [6.45, 7) is -1.96. The predicted molar refractivity (Wildman–Crippen MR) is 58.6 cm³/mol. The van der Waals surface area contributed by atoms with Crippen molar-refractivity contribution in [3.63, 3.8) is 0 Å². The van der Waals surface area contributed by atoms with Gasteiger partial charge in [-0.15, -0.1) is 0 Å². The van der Waals surface area contributed by atoms with Crippen molar-refractivity contribution in [2.75, 3.05) is 19.6 Å². The van der Waals surface area contributed by atoms with Crippen LogP contribution in [0.2, 0.25) is 0 Å². The summed E-state index contributed by atoms with van der Waals surface area (Å²) in [7, 11) is 0. The molecule has 0 bridgehead atoms. The zero-order chi connectivity index (χ0) is 15.8. The summed E-state index contributed by atoms with van der Waals surface area (Å²) in [6.07, 6.45) is -1.73. The second-order valence-electron chi connectivity index (χ2n) is 4.08. The van der Waals surface area contributed by atoms with Crippen LogP contribution in [0.25, 0.3) is 0 Å². The minimum Gasteiger partial charge on any atom is -0.550 e. The van der Waals surface area contributed by atoms with Crippen molar-refractivity contribution in [2.45, 2.75) is 18.4 Å². The number of hydrogen-bond acceptors (Lipinski definition) is 10. The molecule has 0 aromatic heterocycles. The van der Waals surface area contributed by atoms with Gasteiger partial charge in [0.25, 0.3) is 0 Å². The fourth-order valence-electron chi connectivity index (χ4n) is 1.59. The van der Waals surface area contributed by atoms with E-state index in [1.807, 2.05) is 0 Å². The minimum atomic E-state index is -1.78. The van der Waals surface area contributed by atoms with Gasteiger partial charge in [-0.25, -0.2) is 0 Å². The summed E-state index contributed by atoms with van der Waals surface area (Å²) in [6, 6.07) is 0. The van der Waals surface area contributed by atoms with Crippen LogP contribution >= 0.6 is 0 Å². The van der Waals surface area contributed by atoms with Crippen molar-refractivity contribution in [3.05, 3.63) is 0 Å². The molecular weight excluding hydrogens is 362 g/mol. The van der Waals surface area contributed by atoms with Gasteiger partial charge in [-0.05, 0) is 0 Å². The van der Waals surface area contributed by atoms with E-state index in [-0.39, 0.29) is 96.9 Å². The topological polar surface area (TPSA) is 185 Å². The molecule has 0 spiro atoms. The molecule has 2 N–H and O–H groups in total. The Morgan fingerprint density at radius 1 is 0.739 bits per heavy atom. The Labute approximate surface area is 206 Å². The van der Waals surface area contributed by atoms with Gasteiger partial charge in [-0.2, -0.15) is 0 Å². The largest absolute Gasteiger partial charge is 2.00 e. The molecule has 0 aliphatic rings. The van der Waals surface area contributed by atoms with Crippen LogP contribution in [-0.2, 0) is 19.2 Å². The van der Waals surface area contributed by atoms with Gasteiger partial charge in [0.1, 0.15) is 0 Å². The third kappa shape index (κ3) is 17.7. The maximum Gasteiger partial charge on any atom is 2.00 e. The Balaban J connectivity index is -0.000000602. The zero-order valence-corrected chi connectivity index (χ0v) is 19.2. The van der Waals surface area contributed by atoms with Gasteiger partial charge in [-0.1, -0.05) is 0 Å². The van der Waals surface area contributed by atoms with E-state index in [9.17, 15) is 39.6 Å². The molecule has 114 valence electrons. The Kier molecular flexibility index (Phi) is 22.8. The van der Waals surface area contributed by atoms with E-state index in [4.69, 9.17) is 0 Å². The molecule has 0 aromatic rings. The average Bonchev–Trinajstić information content (AvgIpc) is 2.24. The molecule has 0 unspecified atom stereocenters. The number of rotatable bonds is 11. The van der Waals surface area contributed by atoms with Gasteiger partial charge < -0.3 is 50.2 Å². The van der Waals surface area contributed by atoms with Gasteiger partial charge in [0, 0.05) is 50.0 Å². The summed E-state index contributed by atoms with van der Waals surface area (Å²) in [4.78, 5) is 41.9. The molecule has 0 heterocycles.